The Morgan fingerprint density at radius 2 is 2.11 bits per heavy atom. The fraction of sp³-hybridized carbons (Fsp3) is 0.200. The van der Waals surface area contributed by atoms with Crippen LogP contribution in [0.3, 0.4) is 0 Å². The molecule has 4 heteroatoms. The maximum Gasteiger partial charge on any atom is 0.335 e. The van der Waals surface area contributed by atoms with E-state index in [0.29, 0.717) is 11.6 Å². The van der Waals surface area contributed by atoms with Crippen LogP contribution in [0.1, 0.15) is 28.0 Å². The SMILES string of the molecule is O=C(O)c1cccc(Oc2ccc3c(n2)CCC3)c1. The first kappa shape index (κ1) is 11.7. The fourth-order valence-electron chi connectivity index (χ4n) is 2.27. The first-order valence-corrected chi connectivity index (χ1v) is 6.22. The first-order chi connectivity index (χ1) is 9.22. The van der Waals surface area contributed by atoms with Crippen LogP contribution in [0.4, 0.5) is 0 Å². The molecule has 0 unspecified atom stereocenters. The number of nitrogens with zero attached hydrogens (tertiary/aromatic N) is 1. The van der Waals surface area contributed by atoms with E-state index in [9.17, 15) is 4.79 Å². The monoisotopic (exact) mass is 255 g/mol. The summed E-state index contributed by atoms with van der Waals surface area (Å²) in [7, 11) is 0. The summed E-state index contributed by atoms with van der Waals surface area (Å²) in [4.78, 5) is 15.3. The number of benzene rings is 1. The molecule has 0 saturated carbocycles. The van der Waals surface area contributed by atoms with Crippen LogP contribution in [0.5, 0.6) is 11.6 Å². The summed E-state index contributed by atoms with van der Waals surface area (Å²) in [5, 5.41) is 8.93. The van der Waals surface area contributed by atoms with E-state index in [0.717, 1.165) is 25.0 Å². The molecule has 0 saturated heterocycles. The van der Waals surface area contributed by atoms with Gasteiger partial charge in [-0.1, -0.05) is 12.1 Å². The second kappa shape index (κ2) is 4.72. The molecular formula is C15H13NO3. The van der Waals surface area contributed by atoms with Crippen LogP contribution >= 0.6 is 0 Å². The lowest BCUT2D eigenvalue weighted by atomic mass is 10.2. The molecule has 0 bridgehead atoms. The zero-order valence-electron chi connectivity index (χ0n) is 10.3. The number of hydrogen-bond acceptors (Lipinski definition) is 3. The van der Waals surface area contributed by atoms with Crippen molar-refractivity contribution in [3.8, 4) is 11.6 Å². The highest BCUT2D eigenvalue weighted by Crippen LogP contribution is 2.26. The lowest BCUT2D eigenvalue weighted by molar-refractivity contribution is 0.0696. The molecule has 0 aliphatic heterocycles. The van der Waals surface area contributed by atoms with Gasteiger partial charge in [-0.3, -0.25) is 0 Å². The molecule has 1 heterocycles. The Balaban J connectivity index is 1.85. The third kappa shape index (κ3) is 2.42. The van der Waals surface area contributed by atoms with Gasteiger partial charge in [-0.2, -0.15) is 0 Å². The van der Waals surface area contributed by atoms with Gasteiger partial charge in [0.2, 0.25) is 5.88 Å². The van der Waals surface area contributed by atoms with Gasteiger partial charge in [0.25, 0.3) is 0 Å². The van der Waals surface area contributed by atoms with E-state index in [1.54, 1.807) is 12.1 Å². The number of aryl methyl sites for hydroxylation is 2. The smallest absolute Gasteiger partial charge is 0.335 e. The number of hydrogen-bond donors (Lipinski definition) is 1. The number of carbonyl (C=O) groups is 1. The molecule has 1 N–H and O–H groups in total. The second-order valence-electron chi connectivity index (χ2n) is 4.54. The summed E-state index contributed by atoms with van der Waals surface area (Å²) in [6.45, 7) is 0. The first-order valence-electron chi connectivity index (χ1n) is 6.22. The number of fused-ring (bicyclic) bond motifs is 1. The molecule has 2 aromatic rings. The van der Waals surface area contributed by atoms with Crippen molar-refractivity contribution in [3.63, 3.8) is 0 Å². The standard InChI is InChI=1S/C15H13NO3/c17-15(18)11-4-1-5-12(9-11)19-14-8-7-10-3-2-6-13(10)16-14/h1,4-5,7-9H,2-3,6H2,(H,17,18). The third-order valence-electron chi connectivity index (χ3n) is 3.21. The van der Waals surface area contributed by atoms with Crippen LogP contribution in [0.2, 0.25) is 0 Å². The molecule has 4 nitrogen and oxygen atoms in total. The number of aromatic carboxylic acids is 1. The number of carboxylic acid groups (broad SMARTS) is 1. The Morgan fingerprint density at radius 1 is 1.21 bits per heavy atom. The molecule has 0 fully saturated rings. The number of ether oxygens (including phenoxy) is 1. The Bertz CT molecular complexity index is 637. The van der Waals surface area contributed by atoms with E-state index in [1.165, 1.54) is 17.7 Å². The van der Waals surface area contributed by atoms with Crippen molar-refractivity contribution in [1.82, 2.24) is 4.98 Å². The Kier molecular flexibility index (Phi) is 2.91. The molecule has 1 aliphatic rings. The van der Waals surface area contributed by atoms with Crippen LogP contribution in [-0.2, 0) is 12.8 Å². The average Bonchev–Trinajstić information content (AvgIpc) is 2.86. The maximum absolute atomic E-state index is 10.9. The van der Waals surface area contributed by atoms with Gasteiger partial charge in [0, 0.05) is 11.8 Å². The third-order valence-corrected chi connectivity index (χ3v) is 3.21. The molecule has 96 valence electrons. The highest BCUT2D eigenvalue weighted by Gasteiger charge is 2.13. The molecule has 1 aromatic heterocycles. The van der Waals surface area contributed by atoms with Gasteiger partial charge in [0.05, 0.1) is 5.56 Å². The summed E-state index contributed by atoms with van der Waals surface area (Å²) >= 11 is 0. The summed E-state index contributed by atoms with van der Waals surface area (Å²) < 4.78 is 5.62. The van der Waals surface area contributed by atoms with Crippen LogP contribution in [-0.4, -0.2) is 16.1 Å². The largest absolute Gasteiger partial charge is 0.478 e. The van der Waals surface area contributed by atoms with Gasteiger partial charge in [-0.15, -0.1) is 0 Å². The van der Waals surface area contributed by atoms with Gasteiger partial charge in [0.1, 0.15) is 5.75 Å². The normalized spacial score (nSPS) is 13.1. The fourth-order valence-corrected chi connectivity index (χ4v) is 2.27. The molecule has 0 atom stereocenters. The summed E-state index contributed by atoms with van der Waals surface area (Å²) in [5.41, 5.74) is 2.58. The molecule has 0 spiro atoms. The average molecular weight is 255 g/mol. The highest BCUT2D eigenvalue weighted by atomic mass is 16.5. The summed E-state index contributed by atoms with van der Waals surface area (Å²) in [5.74, 6) is 0.0425. The predicted molar refractivity (Wildman–Crippen MR) is 69.7 cm³/mol. The van der Waals surface area contributed by atoms with Crippen molar-refractivity contribution in [2.45, 2.75) is 19.3 Å². The van der Waals surface area contributed by atoms with Gasteiger partial charge in [-0.25, -0.2) is 9.78 Å². The molecule has 0 radical (unpaired) electrons. The van der Waals surface area contributed by atoms with Crippen molar-refractivity contribution in [2.75, 3.05) is 0 Å². The van der Waals surface area contributed by atoms with E-state index in [2.05, 4.69) is 4.98 Å². The van der Waals surface area contributed by atoms with Crippen molar-refractivity contribution in [2.24, 2.45) is 0 Å². The van der Waals surface area contributed by atoms with Crippen molar-refractivity contribution in [3.05, 3.63) is 53.2 Å². The second-order valence-corrected chi connectivity index (χ2v) is 4.54. The number of pyridine rings is 1. The van der Waals surface area contributed by atoms with Crippen LogP contribution < -0.4 is 4.74 Å². The molecule has 19 heavy (non-hydrogen) atoms. The van der Waals surface area contributed by atoms with Crippen LogP contribution in [0.15, 0.2) is 36.4 Å². The molecule has 1 aliphatic carbocycles. The van der Waals surface area contributed by atoms with E-state index < -0.39 is 5.97 Å². The minimum atomic E-state index is -0.965. The van der Waals surface area contributed by atoms with E-state index in [1.807, 2.05) is 12.1 Å². The van der Waals surface area contributed by atoms with Crippen LogP contribution in [0.25, 0.3) is 0 Å². The summed E-state index contributed by atoms with van der Waals surface area (Å²) in [6.07, 6.45) is 3.21. The van der Waals surface area contributed by atoms with Gasteiger partial charge >= 0.3 is 5.97 Å². The van der Waals surface area contributed by atoms with Gasteiger partial charge in [0.15, 0.2) is 0 Å². The lowest BCUT2D eigenvalue weighted by Crippen LogP contribution is -1.97. The van der Waals surface area contributed by atoms with Gasteiger partial charge in [-0.05, 0) is 43.0 Å². The predicted octanol–water partition coefficient (Wildman–Crippen LogP) is 3.06. The van der Waals surface area contributed by atoms with Crippen LogP contribution in [0, 0.1) is 0 Å². The zero-order chi connectivity index (χ0) is 13.2. The number of rotatable bonds is 3. The topological polar surface area (TPSA) is 59.4 Å². The van der Waals surface area contributed by atoms with Gasteiger partial charge < -0.3 is 9.84 Å². The molecular weight excluding hydrogens is 242 g/mol. The van der Waals surface area contributed by atoms with Crippen molar-refractivity contribution in [1.29, 1.82) is 0 Å². The minimum absolute atomic E-state index is 0.207. The number of carboxylic acids is 1. The van der Waals surface area contributed by atoms with Crippen molar-refractivity contribution < 1.29 is 14.6 Å². The minimum Gasteiger partial charge on any atom is -0.478 e. The van der Waals surface area contributed by atoms with E-state index in [4.69, 9.17) is 9.84 Å². The van der Waals surface area contributed by atoms with Crippen molar-refractivity contribution >= 4 is 5.97 Å². The molecule has 1 aromatic carbocycles. The summed E-state index contributed by atoms with van der Waals surface area (Å²) in [6, 6.07) is 10.3. The Labute approximate surface area is 110 Å². The highest BCUT2D eigenvalue weighted by molar-refractivity contribution is 5.88. The maximum atomic E-state index is 10.9. The van der Waals surface area contributed by atoms with E-state index >= 15 is 0 Å². The molecule has 0 amide bonds. The van der Waals surface area contributed by atoms with E-state index in [-0.39, 0.29) is 5.56 Å². The zero-order valence-corrected chi connectivity index (χ0v) is 10.3. The number of aromatic nitrogens is 1. The lowest BCUT2D eigenvalue weighted by Gasteiger charge is -2.07. The Morgan fingerprint density at radius 3 is 2.95 bits per heavy atom. The molecule has 3 rings (SSSR count). The quantitative estimate of drug-likeness (QED) is 0.915. The Hall–Kier alpha value is -2.36.